The molecule has 3 rings (SSSR count). The fourth-order valence-electron chi connectivity index (χ4n) is 3.36. The van der Waals surface area contributed by atoms with Gasteiger partial charge in [0, 0.05) is 62.3 Å². The first-order valence-electron chi connectivity index (χ1n) is 9.39. The Kier molecular flexibility index (Phi) is 6.60. The van der Waals surface area contributed by atoms with E-state index < -0.39 is 12.6 Å². The zero-order valence-electron chi connectivity index (χ0n) is 16.0. The number of rotatable bonds is 8. The van der Waals surface area contributed by atoms with Crippen molar-refractivity contribution in [1.29, 1.82) is 0 Å². The van der Waals surface area contributed by atoms with E-state index >= 15 is 0 Å². The molecule has 1 aromatic carbocycles. The maximum Gasteiger partial charge on any atom is 0.341 e. The van der Waals surface area contributed by atoms with E-state index in [0.717, 1.165) is 32.7 Å². The number of hydrogen-bond acceptors (Lipinski definition) is 6. The van der Waals surface area contributed by atoms with Gasteiger partial charge in [0.2, 0.25) is 0 Å². The number of pyridine rings is 1. The number of hydrogen-bond donors (Lipinski definition) is 1. The average Bonchev–Trinajstić information content (AvgIpc) is 2.73. The predicted octanol–water partition coefficient (Wildman–Crippen LogP) is 2.19. The van der Waals surface area contributed by atoms with Crippen LogP contribution in [0.15, 0.2) is 48.8 Å². The van der Waals surface area contributed by atoms with Gasteiger partial charge in [-0.2, -0.15) is 0 Å². The van der Waals surface area contributed by atoms with Crippen molar-refractivity contribution >= 4 is 17.4 Å². The van der Waals surface area contributed by atoms with Gasteiger partial charge in [0.05, 0.1) is 0 Å². The van der Waals surface area contributed by atoms with Gasteiger partial charge in [-0.1, -0.05) is 6.92 Å². The summed E-state index contributed by atoms with van der Waals surface area (Å²) in [7, 11) is 0. The van der Waals surface area contributed by atoms with E-state index in [-0.39, 0.29) is 11.7 Å². The summed E-state index contributed by atoms with van der Waals surface area (Å²) in [6, 6.07) is 10.7. The number of carbonyl (C=O) groups is 2. The molecule has 1 atom stereocenters. The number of nitrogens with zero attached hydrogens (tertiary/aromatic N) is 3. The molecule has 7 heteroatoms. The lowest BCUT2D eigenvalue weighted by Crippen LogP contribution is -2.48. The molecular weight excluding hydrogens is 358 g/mol. The Bertz CT molecular complexity index is 787. The molecule has 0 aliphatic carbocycles. The van der Waals surface area contributed by atoms with Crippen LogP contribution < -0.4 is 9.64 Å². The summed E-state index contributed by atoms with van der Waals surface area (Å²) in [5.41, 5.74) is 1.80. The third kappa shape index (κ3) is 5.29. The molecule has 1 fully saturated rings. The minimum absolute atomic E-state index is 0.0846. The normalized spacial score (nSPS) is 15.8. The standard InChI is InChI=1S/C21H25N3O4/c1-16(21(27)17-2-4-19(5-3-17)28-15-20(25)26)14-23-10-12-24(13-11-23)18-6-8-22-9-7-18/h2-9,16H,10-15H2,1H3,(H,25,26). The lowest BCUT2D eigenvalue weighted by Gasteiger charge is -2.37. The van der Waals surface area contributed by atoms with Crippen molar-refractivity contribution in [2.75, 3.05) is 44.2 Å². The Morgan fingerprint density at radius 3 is 2.32 bits per heavy atom. The van der Waals surface area contributed by atoms with Crippen LogP contribution in [0.25, 0.3) is 0 Å². The van der Waals surface area contributed by atoms with Crippen molar-refractivity contribution in [2.24, 2.45) is 5.92 Å². The van der Waals surface area contributed by atoms with Gasteiger partial charge in [0.1, 0.15) is 5.75 Å². The van der Waals surface area contributed by atoms with Crippen molar-refractivity contribution in [3.8, 4) is 5.75 Å². The summed E-state index contributed by atoms with van der Waals surface area (Å²) in [5.74, 6) is -0.615. The van der Waals surface area contributed by atoms with E-state index in [1.807, 2.05) is 19.1 Å². The van der Waals surface area contributed by atoms with Gasteiger partial charge in [0.25, 0.3) is 0 Å². The van der Waals surface area contributed by atoms with E-state index in [4.69, 9.17) is 9.84 Å². The van der Waals surface area contributed by atoms with Gasteiger partial charge in [0.15, 0.2) is 12.4 Å². The third-order valence-corrected chi connectivity index (χ3v) is 4.88. The van der Waals surface area contributed by atoms with E-state index in [9.17, 15) is 9.59 Å². The lowest BCUT2D eigenvalue weighted by atomic mass is 9.98. The molecule has 1 aliphatic rings. The number of Topliss-reactive ketones (excluding diaryl/α,β-unsaturated/α-hetero) is 1. The quantitative estimate of drug-likeness (QED) is 0.700. The average molecular weight is 383 g/mol. The van der Waals surface area contributed by atoms with Gasteiger partial charge < -0.3 is 14.7 Å². The second kappa shape index (κ2) is 9.32. The molecule has 1 aromatic heterocycles. The molecule has 2 aromatic rings. The number of ketones is 1. The van der Waals surface area contributed by atoms with Crippen LogP contribution in [-0.2, 0) is 4.79 Å². The first-order chi connectivity index (χ1) is 13.5. The van der Waals surface area contributed by atoms with E-state index in [1.54, 1.807) is 36.7 Å². The number of benzene rings is 1. The summed E-state index contributed by atoms with van der Waals surface area (Å²) in [5, 5.41) is 8.64. The molecule has 0 radical (unpaired) electrons. The van der Waals surface area contributed by atoms with Crippen molar-refractivity contribution < 1.29 is 19.4 Å². The van der Waals surface area contributed by atoms with Crippen LogP contribution in [0.2, 0.25) is 0 Å². The van der Waals surface area contributed by atoms with E-state index in [0.29, 0.717) is 11.3 Å². The first-order valence-corrected chi connectivity index (χ1v) is 9.39. The summed E-state index contributed by atoms with van der Waals surface area (Å²) in [6.45, 7) is 5.98. The van der Waals surface area contributed by atoms with E-state index in [1.165, 1.54) is 5.69 Å². The van der Waals surface area contributed by atoms with Crippen LogP contribution >= 0.6 is 0 Å². The highest BCUT2D eigenvalue weighted by molar-refractivity contribution is 5.97. The number of aromatic nitrogens is 1. The Morgan fingerprint density at radius 2 is 1.71 bits per heavy atom. The topological polar surface area (TPSA) is 83.0 Å². The minimum Gasteiger partial charge on any atom is -0.482 e. The molecule has 7 nitrogen and oxygen atoms in total. The van der Waals surface area contributed by atoms with Crippen molar-refractivity contribution in [1.82, 2.24) is 9.88 Å². The number of aliphatic carboxylic acids is 1. The Labute approximate surface area is 164 Å². The van der Waals surface area contributed by atoms with Gasteiger partial charge in [-0.3, -0.25) is 14.7 Å². The van der Waals surface area contributed by atoms with Crippen molar-refractivity contribution in [3.63, 3.8) is 0 Å². The number of piperazine rings is 1. The van der Waals surface area contributed by atoms with Gasteiger partial charge in [-0.15, -0.1) is 0 Å². The molecule has 1 aliphatic heterocycles. The Hall–Kier alpha value is -2.93. The molecule has 1 saturated heterocycles. The van der Waals surface area contributed by atoms with Crippen molar-refractivity contribution in [2.45, 2.75) is 6.92 Å². The molecule has 1 N–H and O–H groups in total. The molecule has 1 unspecified atom stereocenters. The lowest BCUT2D eigenvalue weighted by molar-refractivity contribution is -0.139. The first kappa shape index (κ1) is 19.8. The van der Waals surface area contributed by atoms with Gasteiger partial charge in [-0.05, 0) is 36.4 Å². The molecule has 2 heterocycles. The van der Waals surface area contributed by atoms with Crippen LogP contribution in [0.5, 0.6) is 5.75 Å². The summed E-state index contributed by atoms with van der Waals surface area (Å²) in [4.78, 5) is 32.0. The fraction of sp³-hybridized carbons (Fsp3) is 0.381. The summed E-state index contributed by atoms with van der Waals surface area (Å²) in [6.07, 6.45) is 3.61. The maximum absolute atomic E-state index is 12.7. The number of ether oxygens (including phenoxy) is 1. The van der Waals surface area contributed by atoms with Crippen molar-refractivity contribution in [3.05, 3.63) is 54.4 Å². The number of carboxylic acids is 1. The zero-order chi connectivity index (χ0) is 19.9. The zero-order valence-corrected chi connectivity index (χ0v) is 16.0. The highest BCUT2D eigenvalue weighted by Crippen LogP contribution is 2.18. The Balaban J connectivity index is 1.48. The number of carboxylic acid groups (broad SMARTS) is 1. The molecule has 0 amide bonds. The van der Waals surface area contributed by atoms with Gasteiger partial charge in [-0.25, -0.2) is 4.79 Å². The molecule has 0 spiro atoms. The van der Waals surface area contributed by atoms with E-state index in [2.05, 4.69) is 14.8 Å². The SMILES string of the molecule is CC(CN1CCN(c2ccncc2)CC1)C(=O)c1ccc(OCC(=O)O)cc1. The van der Waals surface area contributed by atoms with Gasteiger partial charge >= 0.3 is 5.97 Å². The van der Waals surface area contributed by atoms with Crippen LogP contribution in [-0.4, -0.2) is 66.1 Å². The highest BCUT2D eigenvalue weighted by atomic mass is 16.5. The maximum atomic E-state index is 12.7. The van der Waals surface area contributed by atoms with Crippen LogP contribution in [0.3, 0.4) is 0 Å². The predicted molar refractivity (Wildman–Crippen MR) is 106 cm³/mol. The van der Waals surface area contributed by atoms with Crippen LogP contribution in [0.1, 0.15) is 17.3 Å². The Morgan fingerprint density at radius 1 is 1.07 bits per heavy atom. The minimum atomic E-state index is -1.03. The largest absolute Gasteiger partial charge is 0.482 e. The number of carbonyl (C=O) groups excluding carboxylic acids is 1. The summed E-state index contributed by atoms with van der Waals surface area (Å²) >= 11 is 0. The third-order valence-electron chi connectivity index (χ3n) is 4.88. The smallest absolute Gasteiger partial charge is 0.341 e. The fourth-order valence-corrected chi connectivity index (χ4v) is 3.36. The summed E-state index contributed by atoms with van der Waals surface area (Å²) < 4.78 is 5.10. The molecule has 148 valence electrons. The molecule has 0 saturated carbocycles. The van der Waals surface area contributed by atoms with Crippen LogP contribution in [0.4, 0.5) is 5.69 Å². The molecule has 0 bridgehead atoms. The monoisotopic (exact) mass is 383 g/mol. The number of anilines is 1. The molecule has 28 heavy (non-hydrogen) atoms. The highest BCUT2D eigenvalue weighted by Gasteiger charge is 2.22. The molecular formula is C21H25N3O4. The van der Waals surface area contributed by atoms with Crippen LogP contribution in [0, 0.1) is 5.92 Å². The second-order valence-corrected chi connectivity index (χ2v) is 6.97. The second-order valence-electron chi connectivity index (χ2n) is 6.97.